The molecule has 1 aliphatic heterocycles. The highest BCUT2D eigenvalue weighted by atomic mass is 79.9. The van der Waals surface area contributed by atoms with Gasteiger partial charge in [-0.1, -0.05) is 5.16 Å². The molecule has 1 atom stereocenters. The number of hydrogen-bond donors (Lipinski definition) is 1. The molecule has 8 heteroatoms. The molecular formula is C9H13BrF2N4O. The van der Waals surface area contributed by atoms with Crippen molar-refractivity contribution in [3.05, 3.63) is 11.7 Å². The van der Waals surface area contributed by atoms with Crippen molar-refractivity contribution in [2.45, 2.75) is 17.8 Å². The van der Waals surface area contributed by atoms with Crippen molar-refractivity contribution in [3.8, 4) is 0 Å². The van der Waals surface area contributed by atoms with Crippen LogP contribution < -0.4 is 5.32 Å². The summed E-state index contributed by atoms with van der Waals surface area (Å²) in [6.07, 6.45) is 0. The topological polar surface area (TPSA) is 54.2 Å². The Bertz CT molecular complexity index is 375. The van der Waals surface area contributed by atoms with Gasteiger partial charge in [0.2, 0.25) is 0 Å². The maximum atomic E-state index is 12.9. The van der Waals surface area contributed by atoms with Gasteiger partial charge in [-0.25, -0.2) is 0 Å². The van der Waals surface area contributed by atoms with Crippen LogP contribution in [0, 0.1) is 0 Å². The Hall–Kier alpha value is -0.600. The van der Waals surface area contributed by atoms with Crippen molar-refractivity contribution < 1.29 is 13.3 Å². The van der Waals surface area contributed by atoms with Gasteiger partial charge in [0.05, 0.1) is 6.04 Å². The van der Waals surface area contributed by atoms with E-state index in [-0.39, 0.29) is 6.04 Å². The van der Waals surface area contributed by atoms with E-state index in [1.807, 2.05) is 6.92 Å². The third-order valence-electron chi connectivity index (χ3n) is 2.76. The third kappa shape index (κ3) is 2.99. The molecule has 0 radical (unpaired) electrons. The number of aromatic nitrogens is 2. The Morgan fingerprint density at radius 1 is 1.47 bits per heavy atom. The molecule has 96 valence electrons. The smallest absolute Gasteiger partial charge is 0.331 e. The first-order chi connectivity index (χ1) is 7.98. The zero-order chi connectivity index (χ0) is 12.5. The van der Waals surface area contributed by atoms with Gasteiger partial charge in [-0.05, 0) is 6.92 Å². The van der Waals surface area contributed by atoms with E-state index < -0.39 is 10.7 Å². The van der Waals surface area contributed by atoms with Crippen LogP contribution in [0.2, 0.25) is 0 Å². The number of piperazine rings is 1. The lowest BCUT2D eigenvalue weighted by Crippen LogP contribution is -2.44. The number of rotatable bonds is 3. The number of alkyl halides is 3. The molecule has 0 aromatic carbocycles. The summed E-state index contributed by atoms with van der Waals surface area (Å²) in [7, 11) is 0. The van der Waals surface area contributed by atoms with Gasteiger partial charge in [0.1, 0.15) is 0 Å². The van der Waals surface area contributed by atoms with E-state index in [9.17, 15) is 8.78 Å². The molecule has 2 heterocycles. The second-order valence-electron chi connectivity index (χ2n) is 3.92. The first kappa shape index (κ1) is 12.8. The largest absolute Gasteiger partial charge is 0.378 e. The van der Waals surface area contributed by atoms with Crippen LogP contribution in [0.1, 0.15) is 24.7 Å². The van der Waals surface area contributed by atoms with Gasteiger partial charge in [0, 0.05) is 42.1 Å². The lowest BCUT2D eigenvalue weighted by molar-refractivity contribution is 0.0725. The minimum Gasteiger partial charge on any atom is -0.331 e. The molecule has 1 aliphatic rings. The van der Waals surface area contributed by atoms with Gasteiger partial charge >= 0.3 is 10.7 Å². The molecule has 1 unspecified atom stereocenters. The van der Waals surface area contributed by atoms with E-state index in [1.54, 1.807) is 0 Å². The molecule has 17 heavy (non-hydrogen) atoms. The van der Waals surface area contributed by atoms with E-state index in [0.29, 0.717) is 5.82 Å². The predicted molar refractivity (Wildman–Crippen MR) is 60.0 cm³/mol. The van der Waals surface area contributed by atoms with Crippen LogP contribution >= 0.6 is 15.9 Å². The standard InChI is InChI=1S/C9H13BrF2N4O/c1-6(16-4-2-13-3-5-16)7-14-8(17-15-7)9(10,11)12/h6,13H,2-5H2,1H3. The fourth-order valence-corrected chi connectivity index (χ4v) is 1.91. The van der Waals surface area contributed by atoms with Gasteiger partial charge in [0.25, 0.3) is 0 Å². The minimum atomic E-state index is -3.26. The number of halogens is 3. The van der Waals surface area contributed by atoms with Crippen LogP contribution in [0.4, 0.5) is 8.78 Å². The Balaban J connectivity index is 2.08. The Kier molecular flexibility index (Phi) is 3.74. The first-order valence-corrected chi connectivity index (χ1v) is 6.13. The number of nitrogens with zero attached hydrogens (tertiary/aromatic N) is 3. The van der Waals surface area contributed by atoms with E-state index in [2.05, 4.69) is 40.8 Å². The molecule has 5 nitrogen and oxygen atoms in total. The average molecular weight is 311 g/mol. The summed E-state index contributed by atoms with van der Waals surface area (Å²) >= 11 is 2.19. The zero-order valence-corrected chi connectivity index (χ0v) is 10.9. The van der Waals surface area contributed by atoms with Crippen LogP contribution in [-0.2, 0) is 4.83 Å². The summed E-state index contributed by atoms with van der Waals surface area (Å²) in [5.41, 5.74) is 0. The molecule has 0 saturated carbocycles. The van der Waals surface area contributed by atoms with Crippen molar-refractivity contribution in [2.24, 2.45) is 0 Å². The Labute approximate surface area is 106 Å². The first-order valence-electron chi connectivity index (χ1n) is 5.34. The highest BCUT2D eigenvalue weighted by Crippen LogP contribution is 2.33. The molecule has 1 aromatic heterocycles. The molecule has 2 rings (SSSR count). The van der Waals surface area contributed by atoms with Crippen molar-refractivity contribution in [1.29, 1.82) is 0 Å². The molecule has 1 N–H and O–H groups in total. The normalized spacial score (nSPS) is 20.5. The molecule has 0 bridgehead atoms. The number of hydrogen-bond acceptors (Lipinski definition) is 5. The lowest BCUT2D eigenvalue weighted by Gasteiger charge is -2.30. The second kappa shape index (κ2) is 4.95. The monoisotopic (exact) mass is 310 g/mol. The Morgan fingerprint density at radius 2 is 2.12 bits per heavy atom. The molecule has 1 saturated heterocycles. The summed E-state index contributed by atoms with van der Waals surface area (Å²) in [5.74, 6) is -0.407. The van der Waals surface area contributed by atoms with E-state index in [0.717, 1.165) is 26.2 Å². The molecule has 0 aliphatic carbocycles. The zero-order valence-electron chi connectivity index (χ0n) is 9.29. The van der Waals surface area contributed by atoms with Crippen molar-refractivity contribution in [1.82, 2.24) is 20.4 Å². The van der Waals surface area contributed by atoms with Gasteiger partial charge in [-0.15, -0.1) is 0 Å². The average Bonchev–Trinajstić information content (AvgIpc) is 2.78. The summed E-state index contributed by atoms with van der Waals surface area (Å²) in [6.45, 7) is 5.32. The lowest BCUT2D eigenvalue weighted by atomic mass is 10.2. The van der Waals surface area contributed by atoms with Gasteiger partial charge < -0.3 is 9.84 Å². The van der Waals surface area contributed by atoms with Crippen LogP contribution in [0.5, 0.6) is 0 Å². The van der Waals surface area contributed by atoms with E-state index in [4.69, 9.17) is 0 Å². The molecule has 1 fully saturated rings. The summed E-state index contributed by atoms with van der Waals surface area (Å²) < 4.78 is 30.3. The fraction of sp³-hybridized carbons (Fsp3) is 0.778. The molecule has 0 spiro atoms. The van der Waals surface area contributed by atoms with Crippen molar-refractivity contribution in [3.63, 3.8) is 0 Å². The number of nitrogens with one attached hydrogen (secondary N) is 1. The highest BCUT2D eigenvalue weighted by Gasteiger charge is 2.36. The second-order valence-corrected chi connectivity index (χ2v) is 4.91. The van der Waals surface area contributed by atoms with E-state index in [1.165, 1.54) is 0 Å². The van der Waals surface area contributed by atoms with E-state index >= 15 is 0 Å². The molecule has 1 aromatic rings. The molecular weight excluding hydrogens is 298 g/mol. The third-order valence-corrected chi connectivity index (χ3v) is 3.10. The maximum absolute atomic E-state index is 12.9. The van der Waals surface area contributed by atoms with Crippen molar-refractivity contribution in [2.75, 3.05) is 26.2 Å². The molecule has 0 amide bonds. The van der Waals surface area contributed by atoms with Gasteiger partial charge in [-0.3, -0.25) is 4.90 Å². The quantitative estimate of drug-likeness (QED) is 0.857. The highest BCUT2D eigenvalue weighted by molar-refractivity contribution is 9.09. The maximum Gasteiger partial charge on any atom is 0.378 e. The Morgan fingerprint density at radius 3 is 2.65 bits per heavy atom. The predicted octanol–water partition coefficient (Wildman–Crippen LogP) is 1.48. The fourth-order valence-electron chi connectivity index (χ4n) is 1.75. The van der Waals surface area contributed by atoms with Crippen LogP contribution in [-0.4, -0.2) is 41.2 Å². The van der Waals surface area contributed by atoms with Gasteiger partial charge in [0.15, 0.2) is 5.82 Å². The minimum absolute atomic E-state index is 0.121. The van der Waals surface area contributed by atoms with Gasteiger partial charge in [-0.2, -0.15) is 13.8 Å². The van der Waals surface area contributed by atoms with Crippen molar-refractivity contribution >= 4 is 15.9 Å². The summed E-state index contributed by atoms with van der Waals surface area (Å²) in [5, 5.41) is 6.82. The van der Waals surface area contributed by atoms with Crippen LogP contribution in [0.15, 0.2) is 4.52 Å². The van der Waals surface area contributed by atoms with Crippen LogP contribution in [0.3, 0.4) is 0 Å². The SMILES string of the molecule is CC(c1noc(C(F)(F)Br)n1)N1CCNCC1. The summed E-state index contributed by atoms with van der Waals surface area (Å²) in [4.78, 5) is 2.58. The van der Waals surface area contributed by atoms with Crippen LogP contribution in [0.25, 0.3) is 0 Å². The summed E-state index contributed by atoms with van der Waals surface area (Å²) in [6, 6.07) is -0.121.